The number of amides is 5. The molecule has 1 aliphatic rings. The molecule has 47 heavy (non-hydrogen) atoms. The highest BCUT2D eigenvalue weighted by atomic mass is 16.5. The van der Waals surface area contributed by atoms with Gasteiger partial charge >= 0.3 is 5.97 Å². The topological polar surface area (TPSA) is 212 Å². The fourth-order valence-corrected chi connectivity index (χ4v) is 4.89. The second kappa shape index (κ2) is 22.1. The van der Waals surface area contributed by atoms with Crippen LogP contribution in [-0.2, 0) is 33.5 Å². The van der Waals surface area contributed by atoms with E-state index < -0.39 is 96.9 Å². The van der Waals surface area contributed by atoms with Crippen LogP contribution in [0, 0.1) is 11.8 Å². The van der Waals surface area contributed by atoms with Crippen LogP contribution in [0.4, 0.5) is 0 Å². The van der Waals surface area contributed by atoms with Crippen LogP contribution in [0.15, 0.2) is 12.2 Å². The zero-order valence-corrected chi connectivity index (χ0v) is 28.8. The molecule has 1 heterocycles. The lowest BCUT2D eigenvalue weighted by Gasteiger charge is -2.31. The smallest absolute Gasteiger partial charge is 0.329 e. The van der Waals surface area contributed by atoms with Gasteiger partial charge in [-0.15, -0.1) is 0 Å². The molecule has 0 aromatic rings. The summed E-state index contributed by atoms with van der Waals surface area (Å²) in [6.07, 6.45) is 10.2. The van der Waals surface area contributed by atoms with Crippen LogP contribution in [-0.4, -0.2) is 95.2 Å². The molecule has 0 aliphatic carbocycles. The molecule has 0 spiro atoms. The van der Waals surface area contributed by atoms with Gasteiger partial charge in [0, 0.05) is 6.42 Å². The molecule has 0 bridgehead atoms. The number of allylic oxidation sites excluding steroid dienone is 2. The Hall–Kier alpha value is -3.52. The summed E-state index contributed by atoms with van der Waals surface area (Å²) in [5, 5.41) is 32.1. The Morgan fingerprint density at radius 3 is 1.89 bits per heavy atom. The number of aliphatic hydroxyl groups excluding tert-OH is 2. The van der Waals surface area contributed by atoms with Crippen molar-refractivity contribution in [1.29, 1.82) is 0 Å². The molecule has 14 heteroatoms. The van der Waals surface area contributed by atoms with Crippen molar-refractivity contribution in [2.24, 2.45) is 11.8 Å². The molecule has 1 saturated heterocycles. The van der Waals surface area contributed by atoms with Gasteiger partial charge in [0.2, 0.25) is 29.5 Å². The second-order valence-corrected chi connectivity index (χ2v) is 12.5. The molecule has 7 atom stereocenters. The summed E-state index contributed by atoms with van der Waals surface area (Å²) < 4.78 is 5.64. The van der Waals surface area contributed by atoms with E-state index in [1.54, 1.807) is 20.8 Å². The largest absolute Gasteiger partial charge is 0.458 e. The first-order valence-electron chi connectivity index (χ1n) is 16.9. The second-order valence-electron chi connectivity index (χ2n) is 12.5. The zero-order chi connectivity index (χ0) is 35.5. The van der Waals surface area contributed by atoms with Crippen molar-refractivity contribution in [3.8, 4) is 0 Å². The van der Waals surface area contributed by atoms with Crippen molar-refractivity contribution < 1.29 is 43.7 Å². The number of cyclic esters (lactones) is 1. The van der Waals surface area contributed by atoms with E-state index >= 15 is 0 Å². The van der Waals surface area contributed by atoms with Crippen LogP contribution in [0.25, 0.3) is 0 Å². The fourth-order valence-electron chi connectivity index (χ4n) is 4.89. The van der Waals surface area contributed by atoms with Crippen LogP contribution in [0.1, 0.15) is 99.3 Å². The maximum Gasteiger partial charge on any atom is 0.329 e. The van der Waals surface area contributed by atoms with Crippen molar-refractivity contribution in [1.82, 2.24) is 26.6 Å². The number of carbonyl (C=O) groups is 6. The monoisotopic (exact) mass is 667 g/mol. The molecule has 1 aliphatic heterocycles. The van der Waals surface area contributed by atoms with E-state index in [0.29, 0.717) is 19.3 Å². The Balaban J connectivity index is 3.29. The van der Waals surface area contributed by atoms with E-state index in [9.17, 15) is 39.0 Å². The summed E-state index contributed by atoms with van der Waals surface area (Å²) in [6, 6.07) is -6.88. The lowest BCUT2D eigenvalue weighted by atomic mass is 9.97. The molecule has 1 rings (SSSR count). The summed E-state index contributed by atoms with van der Waals surface area (Å²) in [5.74, 6) is -5.73. The standard InChI is InChI=1S/C33H57N5O9/c1-7-9-10-11-12-13-14-15-16-17-25(41)36-28-22(6)47-33(46)27(21(5)8-2)38-31(44)26(20(3)4)37-30(43)24(19-40)34-29(42)23(18-39)35-32(28)45/h13-14,20-24,26-28,39-40H,7-12,15-19H2,1-6H3,(H,34,42)(H,35,45)(H,36,41)(H,37,43)(H,38,44)/b14-13-/t21-,22+,23+,24-,26+,27+,28-/m0/s1. The summed E-state index contributed by atoms with van der Waals surface area (Å²) >= 11 is 0. The van der Waals surface area contributed by atoms with Gasteiger partial charge in [-0.1, -0.05) is 72.5 Å². The first-order chi connectivity index (χ1) is 22.3. The first kappa shape index (κ1) is 41.5. The molecular formula is C33H57N5O9. The Kier molecular flexibility index (Phi) is 19.5. The lowest BCUT2D eigenvalue weighted by molar-refractivity contribution is -0.157. The summed E-state index contributed by atoms with van der Waals surface area (Å²) in [5.41, 5.74) is 0. The number of aliphatic hydroxyl groups is 2. The van der Waals surface area contributed by atoms with Crippen LogP contribution in [0.3, 0.4) is 0 Å². The van der Waals surface area contributed by atoms with Crippen molar-refractivity contribution in [2.75, 3.05) is 13.2 Å². The number of hydrogen-bond acceptors (Lipinski definition) is 9. The van der Waals surface area contributed by atoms with Gasteiger partial charge in [-0.05, 0) is 44.4 Å². The normalized spacial score (nSPS) is 25.9. The Morgan fingerprint density at radius 2 is 1.34 bits per heavy atom. The molecule has 0 saturated carbocycles. The Bertz CT molecular complexity index is 1070. The van der Waals surface area contributed by atoms with Crippen molar-refractivity contribution in [3.05, 3.63) is 12.2 Å². The molecule has 7 N–H and O–H groups in total. The predicted molar refractivity (Wildman–Crippen MR) is 175 cm³/mol. The molecule has 5 amide bonds. The van der Waals surface area contributed by atoms with Crippen molar-refractivity contribution >= 4 is 35.5 Å². The maximum atomic E-state index is 13.5. The lowest BCUT2D eigenvalue weighted by Crippen LogP contribution is -2.63. The Morgan fingerprint density at radius 1 is 0.787 bits per heavy atom. The highest BCUT2D eigenvalue weighted by molar-refractivity contribution is 5.96. The number of hydrogen-bond donors (Lipinski definition) is 7. The minimum atomic E-state index is -1.58. The first-order valence-corrected chi connectivity index (χ1v) is 16.9. The highest BCUT2D eigenvalue weighted by Crippen LogP contribution is 2.14. The molecule has 1 fully saturated rings. The molecule has 0 aromatic heterocycles. The maximum absolute atomic E-state index is 13.5. The quantitative estimate of drug-likeness (QED) is 0.0745. The van der Waals surface area contributed by atoms with E-state index in [1.807, 2.05) is 13.0 Å². The van der Waals surface area contributed by atoms with Gasteiger partial charge in [-0.2, -0.15) is 0 Å². The SMILES string of the molecule is CCCCCC/C=C\CCCC(=O)N[C@@H]1C(=O)N[C@H](CO)C(=O)N[C@@H](CO)C(=O)N[C@H](C(C)C)C(=O)N[C@H]([C@@H](C)CC)C(=O)O[C@@H]1C. The van der Waals surface area contributed by atoms with Gasteiger partial charge in [0.25, 0.3) is 0 Å². The minimum absolute atomic E-state index is 0.0734. The van der Waals surface area contributed by atoms with Crippen LogP contribution >= 0.6 is 0 Å². The van der Waals surface area contributed by atoms with Gasteiger partial charge in [0.05, 0.1) is 13.2 Å². The van der Waals surface area contributed by atoms with E-state index in [0.717, 1.165) is 12.8 Å². The van der Waals surface area contributed by atoms with Crippen LogP contribution in [0.5, 0.6) is 0 Å². The number of esters is 1. The summed E-state index contributed by atoms with van der Waals surface area (Å²) in [4.78, 5) is 79.1. The van der Waals surface area contributed by atoms with Crippen LogP contribution in [0.2, 0.25) is 0 Å². The molecule has 268 valence electrons. The minimum Gasteiger partial charge on any atom is -0.458 e. The Labute approximate surface area is 278 Å². The van der Waals surface area contributed by atoms with Crippen LogP contribution < -0.4 is 26.6 Å². The zero-order valence-electron chi connectivity index (χ0n) is 28.8. The van der Waals surface area contributed by atoms with E-state index in [2.05, 4.69) is 39.6 Å². The number of rotatable bonds is 15. The summed E-state index contributed by atoms with van der Waals surface area (Å²) in [6.45, 7) is 8.71. The van der Waals surface area contributed by atoms with E-state index in [1.165, 1.54) is 26.2 Å². The summed E-state index contributed by atoms with van der Waals surface area (Å²) in [7, 11) is 0. The molecule has 14 nitrogen and oxygen atoms in total. The van der Waals surface area contributed by atoms with Gasteiger partial charge in [0.1, 0.15) is 36.3 Å². The average Bonchev–Trinajstić information content (AvgIpc) is 3.03. The molecule has 0 aromatic carbocycles. The number of nitrogens with one attached hydrogen (secondary N) is 5. The predicted octanol–water partition coefficient (Wildman–Crippen LogP) is 0.739. The van der Waals surface area contributed by atoms with Crippen molar-refractivity contribution in [3.63, 3.8) is 0 Å². The third-order valence-electron chi connectivity index (χ3n) is 8.18. The number of ether oxygens (including phenoxy) is 1. The van der Waals surface area contributed by atoms with E-state index in [-0.39, 0.29) is 6.42 Å². The highest BCUT2D eigenvalue weighted by Gasteiger charge is 2.38. The average molecular weight is 668 g/mol. The fraction of sp³-hybridized carbons (Fsp3) is 0.758. The van der Waals surface area contributed by atoms with Gasteiger partial charge in [0.15, 0.2) is 0 Å². The molecular weight excluding hydrogens is 610 g/mol. The van der Waals surface area contributed by atoms with Crippen molar-refractivity contribution in [2.45, 2.75) is 136 Å². The third-order valence-corrected chi connectivity index (χ3v) is 8.18. The number of unbranched alkanes of at least 4 members (excludes halogenated alkanes) is 5. The van der Waals surface area contributed by atoms with E-state index in [4.69, 9.17) is 4.74 Å². The molecule has 0 unspecified atom stereocenters. The van der Waals surface area contributed by atoms with Gasteiger partial charge in [-0.25, -0.2) is 4.79 Å². The number of carbonyl (C=O) groups excluding carboxylic acids is 6. The molecule has 0 radical (unpaired) electrons. The third kappa shape index (κ3) is 14.4. The van der Waals surface area contributed by atoms with Gasteiger partial charge in [-0.3, -0.25) is 24.0 Å². The van der Waals surface area contributed by atoms with Gasteiger partial charge < -0.3 is 41.5 Å².